The first-order valence-corrected chi connectivity index (χ1v) is 12.7. The van der Waals surface area contributed by atoms with Crippen LogP contribution in [0.2, 0.25) is 0 Å². The molecule has 4 rings (SSSR count). The van der Waals surface area contributed by atoms with E-state index in [1.807, 2.05) is 48.5 Å². The molecule has 3 aromatic carbocycles. The predicted octanol–water partition coefficient (Wildman–Crippen LogP) is 4.83. The molecule has 9 heteroatoms. The zero-order valence-electron chi connectivity index (χ0n) is 19.7. The van der Waals surface area contributed by atoms with Crippen molar-refractivity contribution in [1.82, 2.24) is 20.6 Å². The number of H-pyrrole nitrogens is 1. The molecule has 0 radical (unpaired) electrons. The molecule has 1 heterocycles. The number of anilines is 1. The van der Waals surface area contributed by atoms with Crippen LogP contribution in [0.15, 0.2) is 77.7 Å². The van der Waals surface area contributed by atoms with E-state index >= 15 is 0 Å². The number of nitrogens with zero attached hydrogens (tertiary/aromatic N) is 1. The van der Waals surface area contributed by atoms with Crippen LogP contribution < -0.4 is 16.4 Å². The van der Waals surface area contributed by atoms with Gasteiger partial charge in [-0.1, -0.05) is 12.1 Å². The standard InChI is InChI=1S/C27H28FN5O2S/c28-19-10-8-18(9-11-19)27(35)33-24(26-31-22-5-1-2-6-23(22)32-26)7-3-4-16-30-25(34)17-36-21-14-12-20(29)13-15-21/h1-2,5-6,8-15,24H,3-4,7,16-17,29H2,(H,30,34)(H,31,32)(H,33,35)/t24-/m0/s1. The number of halogens is 1. The highest BCUT2D eigenvalue weighted by Crippen LogP contribution is 2.22. The van der Waals surface area contributed by atoms with Crippen molar-refractivity contribution in [2.45, 2.75) is 30.2 Å². The van der Waals surface area contributed by atoms with E-state index in [2.05, 4.69) is 20.6 Å². The Bertz CT molecular complexity index is 1280. The Hall–Kier alpha value is -3.85. The van der Waals surface area contributed by atoms with Crippen LogP contribution in [0.25, 0.3) is 11.0 Å². The van der Waals surface area contributed by atoms with E-state index in [1.54, 1.807) is 0 Å². The van der Waals surface area contributed by atoms with Gasteiger partial charge in [-0.2, -0.15) is 0 Å². The second-order valence-electron chi connectivity index (χ2n) is 8.38. The number of para-hydroxylation sites is 2. The van der Waals surface area contributed by atoms with Gasteiger partial charge in [0, 0.05) is 22.7 Å². The molecule has 1 atom stereocenters. The summed E-state index contributed by atoms with van der Waals surface area (Å²) in [6.45, 7) is 0.542. The summed E-state index contributed by atoms with van der Waals surface area (Å²) in [4.78, 5) is 33.9. The molecule has 0 saturated carbocycles. The number of benzene rings is 3. The molecule has 186 valence electrons. The number of rotatable bonds is 11. The van der Waals surface area contributed by atoms with Crippen molar-refractivity contribution < 1.29 is 14.0 Å². The molecule has 36 heavy (non-hydrogen) atoms. The summed E-state index contributed by atoms with van der Waals surface area (Å²) in [6.07, 6.45) is 2.14. The summed E-state index contributed by atoms with van der Waals surface area (Å²) < 4.78 is 13.3. The molecule has 0 bridgehead atoms. The van der Waals surface area contributed by atoms with E-state index in [-0.39, 0.29) is 17.9 Å². The van der Waals surface area contributed by atoms with Gasteiger partial charge in [0.05, 0.1) is 22.8 Å². The van der Waals surface area contributed by atoms with Crippen molar-refractivity contribution in [2.24, 2.45) is 0 Å². The van der Waals surface area contributed by atoms with Crippen molar-refractivity contribution in [3.05, 3.63) is 90.0 Å². The van der Waals surface area contributed by atoms with E-state index in [4.69, 9.17) is 5.73 Å². The van der Waals surface area contributed by atoms with Gasteiger partial charge in [-0.05, 0) is 79.9 Å². The second-order valence-corrected chi connectivity index (χ2v) is 9.42. The first-order valence-electron chi connectivity index (χ1n) is 11.7. The zero-order valence-corrected chi connectivity index (χ0v) is 20.5. The fraction of sp³-hybridized carbons (Fsp3) is 0.222. The summed E-state index contributed by atoms with van der Waals surface area (Å²) in [5.41, 5.74) is 8.46. The van der Waals surface area contributed by atoms with Gasteiger partial charge in [-0.25, -0.2) is 9.37 Å². The van der Waals surface area contributed by atoms with Gasteiger partial charge in [0.25, 0.3) is 5.91 Å². The van der Waals surface area contributed by atoms with E-state index in [1.165, 1.54) is 36.0 Å². The lowest BCUT2D eigenvalue weighted by Gasteiger charge is -2.17. The molecule has 4 aromatic rings. The van der Waals surface area contributed by atoms with Crippen molar-refractivity contribution >= 4 is 40.3 Å². The minimum Gasteiger partial charge on any atom is -0.399 e. The fourth-order valence-electron chi connectivity index (χ4n) is 3.72. The number of hydrogen-bond acceptors (Lipinski definition) is 5. The maximum atomic E-state index is 13.3. The highest BCUT2D eigenvalue weighted by atomic mass is 32.2. The van der Waals surface area contributed by atoms with Gasteiger partial charge < -0.3 is 21.4 Å². The number of aromatic amines is 1. The van der Waals surface area contributed by atoms with Crippen molar-refractivity contribution in [2.75, 3.05) is 18.0 Å². The maximum absolute atomic E-state index is 13.3. The first kappa shape index (κ1) is 25.2. The average molecular weight is 506 g/mol. The molecule has 5 N–H and O–H groups in total. The van der Waals surface area contributed by atoms with Crippen LogP contribution >= 0.6 is 11.8 Å². The molecule has 0 unspecified atom stereocenters. The van der Waals surface area contributed by atoms with Crippen LogP contribution in [-0.4, -0.2) is 34.1 Å². The quantitative estimate of drug-likeness (QED) is 0.132. The Morgan fingerprint density at radius 2 is 1.75 bits per heavy atom. The fourth-order valence-corrected chi connectivity index (χ4v) is 4.45. The van der Waals surface area contributed by atoms with Crippen LogP contribution in [0.5, 0.6) is 0 Å². The number of fused-ring (bicyclic) bond motifs is 1. The number of aromatic nitrogens is 2. The molecular weight excluding hydrogens is 477 g/mol. The second kappa shape index (κ2) is 12.2. The lowest BCUT2D eigenvalue weighted by Crippen LogP contribution is -2.30. The van der Waals surface area contributed by atoms with Crippen LogP contribution in [0, 0.1) is 5.82 Å². The molecule has 0 saturated heterocycles. The molecule has 0 fully saturated rings. The van der Waals surface area contributed by atoms with Crippen molar-refractivity contribution in [3.8, 4) is 0 Å². The Balaban J connectivity index is 1.29. The molecule has 0 spiro atoms. The predicted molar refractivity (Wildman–Crippen MR) is 141 cm³/mol. The minimum absolute atomic E-state index is 0.0322. The SMILES string of the molecule is Nc1ccc(SCC(=O)NCCCC[C@H](NC(=O)c2ccc(F)cc2)c2nc3ccccc3[nH]2)cc1. The van der Waals surface area contributed by atoms with Gasteiger partial charge in [0.2, 0.25) is 5.91 Å². The number of nitrogen functional groups attached to an aromatic ring is 1. The smallest absolute Gasteiger partial charge is 0.251 e. The number of imidazole rings is 1. The lowest BCUT2D eigenvalue weighted by atomic mass is 10.1. The third kappa shape index (κ3) is 7.08. The van der Waals surface area contributed by atoms with Crippen molar-refractivity contribution in [1.29, 1.82) is 0 Å². The summed E-state index contributed by atoms with van der Waals surface area (Å²) in [5, 5.41) is 5.96. The lowest BCUT2D eigenvalue weighted by molar-refractivity contribution is -0.118. The van der Waals surface area contributed by atoms with Gasteiger partial charge in [-0.15, -0.1) is 11.8 Å². The molecule has 1 aromatic heterocycles. The van der Waals surface area contributed by atoms with E-state index < -0.39 is 5.82 Å². The number of nitrogens with one attached hydrogen (secondary N) is 3. The third-order valence-electron chi connectivity index (χ3n) is 5.64. The van der Waals surface area contributed by atoms with Crippen LogP contribution in [0.1, 0.15) is 41.5 Å². The van der Waals surface area contributed by atoms with E-state index in [0.717, 1.165) is 28.8 Å². The monoisotopic (exact) mass is 505 g/mol. The third-order valence-corrected chi connectivity index (χ3v) is 6.65. The van der Waals surface area contributed by atoms with Gasteiger partial charge in [0.1, 0.15) is 11.6 Å². The normalized spacial score (nSPS) is 11.8. The van der Waals surface area contributed by atoms with Crippen LogP contribution in [0.4, 0.5) is 10.1 Å². The summed E-state index contributed by atoms with van der Waals surface area (Å²) in [5.74, 6) is 0.271. The molecule has 0 aliphatic rings. The number of unbranched alkanes of at least 4 members (excludes halogenated alkanes) is 1. The first-order chi connectivity index (χ1) is 17.5. The van der Waals surface area contributed by atoms with Crippen molar-refractivity contribution in [3.63, 3.8) is 0 Å². The Morgan fingerprint density at radius 3 is 2.50 bits per heavy atom. The molecule has 0 aliphatic carbocycles. The maximum Gasteiger partial charge on any atom is 0.251 e. The van der Waals surface area contributed by atoms with Crippen LogP contribution in [0.3, 0.4) is 0 Å². The van der Waals surface area contributed by atoms with Gasteiger partial charge >= 0.3 is 0 Å². The highest BCUT2D eigenvalue weighted by Gasteiger charge is 2.19. The number of carbonyl (C=O) groups excluding carboxylic acids is 2. The minimum atomic E-state index is -0.394. The summed E-state index contributed by atoms with van der Waals surface area (Å²) >= 11 is 1.46. The largest absolute Gasteiger partial charge is 0.399 e. The number of carbonyl (C=O) groups is 2. The summed E-state index contributed by atoms with van der Waals surface area (Å²) in [7, 11) is 0. The highest BCUT2D eigenvalue weighted by molar-refractivity contribution is 8.00. The number of hydrogen-bond donors (Lipinski definition) is 4. The summed E-state index contributed by atoms with van der Waals surface area (Å²) in [6, 6.07) is 20.2. The molecule has 7 nitrogen and oxygen atoms in total. The van der Waals surface area contributed by atoms with E-state index in [9.17, 15) is 14.0 Å². The molecule has 2 amide bonds. The number of thioether (sulfide) groups is 1. The number of amides is 2. The van der Waals surface area contributed by atoms with E-state index in [0.29, 0.717) is 35.8 Å². The Morgan fingerprint density at radius 1 is 1.00 bits per heavy atom. The average Bonchev–Trinajstić information content (AvgIpc) is 3.32. The van der Waals surface area contributed by atoms with Crippen LogP contribution in [-0.2, 0) is 4.79 Å². The van der Waals surface area contributed by atoms with Gasteiger partial charge in [0.15, 0.2) is 0 Å². The van der Waals surface area contributed by atoms with Gasteiger partial charge in [-0.3, -0.25) is 9.59 Å². The molecule has 0 aliphatic heterocycles. The Kier molecular flexibility index (Phi) is 8.57. The number of nitrogens with two attached hydrogens (primary N) is 1. The topological polar surface area (TPSA) is 113 Å². The zero-order chi connectivity index (χ0) is 25.3. The Labute approximate surface area is 213 Å². The molecular formula is C27H28FN5O2S.